The van der Waals surface area contributed by atoms with Gasteiger partial charge in [0.05, 0.1) is 0 Å². The first-order valence-corrected chi connectivity index (χ1v) is 5.85. The molecule has 0 atom stereocenters. The van der Waals surface area contributed by atoms with Gasteiger partial charge in [-0.3, -0.25) is 9.59 Å². The fourth-order valence-corrected chi connectivity index (χ4v) is 1.34. The third-order valence-corrected chi connectivity index (χ3v) is 2.25. The molecule has 5 nitrogen and oxygen atoms in total. The zero-order valence-corrected chi connectivity index (χ0v) is 9.71. The largest absolute Gasteiger partial charge is 0.481 e. The molecule has 0 saturated carbocycles. The van der Waals surface area contributed by atoms with E-state index in [-0.39, 0.29) is 12.3 Å². The molecular formula is C11H22N2O3. The lowest BCUT2D eigenvalue weighted by molar-refractivity contribution is -0.137. The number of nitrogens with two attached hydrogens (primary N) is 1. The molecule has 0 radical (unpaired) electrons. The highest BCUT2D eigenvalue weighted by Gasteiger charge is 2.02. The molecule has 0 aliphatic carbocycles. The summed E-state index contributed by atoms with van der Waals surface area (Å²) >= 11 is 0. The lowest BCUT2D eigenvalue weighted by Gasteiger charge is -2.04. The number of hydrogen-bond acceptors (Lipinski definition) is 3. The Balaban J connectivity index is 3.20. The Morgan fingerprint density at radius 3 is 2.31 bits per heavy atom. The summed E-state index contributed by atoms with van der Waals surface area (Å²) in [5.41, 5.74) is 5.35. The number of carboxylic acid groups (broad SMARTS) is 1. The fourth-order valence-electron chi connectivity index (χ4n) is 1.34. The van der Waals surface area contributed by atoms with Crippen molar-refractivity contribution in [2.45, 2.75) is 44.9 Å². The number of nitrogens with one attached hydrogen (secondary N) is 1. The molecule has 0 fully saturated rings. The average molecular weight is 230 g/mol. The van der Waals surface area contributed by atoms with Gasteiger partial charge in [0.25, 0.3) is 0 Å². The molecule has 0 aromatic heterocycles. The molecule has 0 aromatic carbocycles. The van der Waals surface area contributed by atoms with E-state index in [1.54, 1.807) is 0 Å². The maximum absolute atomic E-state index is 11.2. The molecule has 1 amide bonds. The molecule has 0 aliphatic heterocycles. The van der Waals surface area contributed by atoms with Crippen LogP contribution in [0.25, 0.3) is 0 Å². The van der Waals surface area contributed by atoms with Gasteiger partial charge in [-0.2, -0.15) is 0 Å². The van der Waals surface area contributed by atoms with Crippen LogP contribution in [0.15, 0.2) is 0 Å². The Morgan fingerprint density at radius 2 is 1.69 bits per heavy atom. The minimum Gasteiger partial charge on any atom is -0.481 e. The van der Waals surface area contributed by atoms with E-state index in [1.165, 1.54) is 0 Å². The van der Waals surface area contributed by atoms with E-state index in [4.69, 9.17) is 10.8 Å². The monoisotopic (exact) mass is 230 g/mol. The highest BCUT2D eigenvalue weighted by Crippen LogP contribution is 1.98. The standard InChI is InChI=1S/C11H22N2O3/c12-8-3-1-2-4-9-13-10(14)6-5-7-11(15)16/h1-9,12H2,(H,13,14)(H,15,16). The van der Waals surface area contributed by atoms with Gasteiger partial charge < -0.3 is 16.2 Å². The van der Waals surface area contributed by atoms with Crippen LogP contribution < -0.4 is 11.1 Å². The van der Waals surface area contributed by atoms with Crippen molar-refractivity contribution in [3.05, 3.63) is 0 Å². The summed E-state index contributed by atoms with van der Waals surface area (Å²) in [6, 6.07) is 0. The van der Waals surface area contributed by atoms with Crippen LogP contribution in [0, 0.1) is 0 Å². The Bertz CT molecular complexity index is 207. The SMILES string of the molecule is NCCCCCCNC(=O)CCCC(=O)O. The van der Waals surface area contributed by atoms with Gasteiger partial charge in [-0.15, -0.1) is 0 Å². The van der Waals surface area contributed by atoms with Gasteiger partial charge in [0.2, 0.25) is 5.91 Å². The average Bonchev–Trinajstić information content (AvgIpc) is 2.22. The first-order chi connectivity index (χ1) is 7.66. The number of hydrogen-bond donors (Lipinski definition) is 3. The summed E-state index contributed by atoms with van der Waals surface area (Å²) in [5, 5.41) is 11.2. The normalized spacial score (nSPS) is 10.1. The van der Waals surface area contributed by atoms with Crippen molar-refractivity contribution >= 4 is 11.9 Å². The maximum atomic E-state index is 11.2. The molecule has 0 unspecified atom stereocenters. The van der Waals surface area contributed by atoms with Crippen LogP contribution in [-0.2, 0) is 9.59 Å². The van der Waals surface area contributed by atoms with Gasteiger partial charge in [-0.25, -0.2) is 0 Å². The van der Waals surface area contributed by atoms with Crippen LogP contribution >= 0.6 is 0 Å². The third kappa shape index (κ3) is 11.0. The first-order valence-electron chi connectivity index (χ1n) is 5.85. The van der Waals surface area contributed by atoms with Gasteiger partial charge in [0.15, 0.2) is 0 Å². The van der Waals surface area contributed by atoms with Crippen molar-refractivity contribution in [3.8, 4) is 0 Å². The molecule has 94 valence electrons. The van der Waals surface area contributed by atoms with Crippen LogP contribution in [0.5, 0.6) is 0 Å². The Kier molecular flexibility index (Phi) is 9.70. The lowest BCUT2D eigenvalue weighted by atomic mass is 10.2. The molecule has 0 bridgehead atoms. The van der Waals surface area contributed by atoms with Crippen molar-refractivity contribution in [2.75, 3.05) is 13.1 Å². The first kappa shape index (κ1) is 14.9. The molecular weight excluding hydrogens is 208 g/mol. The predicted octanol–water partition coefficient (Wildman–Crippen LogP) is 0.877. The zero-order chi connectivity index (χ0) is 12.2. The second-order valence-electron chi connectivity index (χ2n) is 3.80. The second-order valence-corrected chi connectivity index (χ2v) is 3.80. The maximum Gasteiger partial charge on any atom is 0.303 e. The van der Waals surface area contributed by atoms with E-state index >= 15 is 0 Å². The van der Waals surface area contributed by atoms with Gasteiger partial charge >= 0.3 is 5.97 Å². The van der Waals surface area contributed by atoms with Gasteiger partial charge in [-0.1, -0.05) is 12.8 Å². The Morgan fingerprint density at radius 1 is 1.00 bits per heavy atom. The number of unbranched alkanes of at least 4 members (excludes halogenated alkanes) is 3. The molecule has 5 heteroatoms. The van der Waals surface area contributed by atoms with Crippen molar-refractivity contribution in [1.29, 1.82) is 0 Å². The summed E-state index contributed by atoms with van der Waals surface area (Å²) in [7, 11) is 0. The molecule has 0 aromatic rings. The molecule has 4 N–H and O–H groups in total. The van der Waals surface area contributed by atoms with Crippen LogP contribution in [0.2, 0.25) is 0 Å². The van der Waals surface area contributed by atoms with Gasteiger partial charge in [0.1, 0.15) is 0 Å². The van der Waals surface area contributed by atoms with Crippen molar-refractivity contribution in [1.82, 2.24) is 5.32 Å². The number of amides is 1. The molecule has 16 heavy (non-hydrogen) atoms. The summed E-state index contributed by atoms with van der Waals surface area (Å²) in [6.07, 6.45) is 4.95. The highest BCUT2D eigenvalue weighted by molar-refractivity contribution is 5.76. The van der Waals surface area contributed by atoms with Crippen molar-refractivity contribution in [2.24, 2.45) is 5.73 Å². The third-order valence-electron chi connectivity index (χ3n) is 2.25. The molecule has 0 saturated heterocycles. The number of carbonyl (C=O) groups is 2. The predicted molar refractivity (Wildman–Crippen MR) is 62.0 cm³/mol. The number of aliphatic carboxylic acids is 1. The molecule has 0 heterocycles. The van der Waals surface area contributed by atoms with E-state index in [1.807, 2.05) is 0 Å². The molecule has 0 aliphatic rings. The summed E-state index contributed by atoms with van der Waals surface area (Å²) in [4.78, 5) is 21.4. The quantitative estimate of drug-likeness (QED) is 0.486. The van der Waals surface area contributed by atoms with Crippen LogP contribution in [0.4, 0.5) is 0 Å². The minimum absolute atomic E-state index is 0.0555. The number of carbonyl (C=O) groups excluding carboxylic acids is 1. The summed E-state index contributed by atoms with van der Waals surface area (Å²) in [5.74, 6) is -0.908. The van der Waals surface area contributed by atoms with Crippen molar-refractivity contribution in [3.63, 3.8) is 0 Å². The Hall–Kier alpha value is -1.10. The molecule has 0 rings (SSSR count). The molecule has 0 spiro atoms. The van der Waals surface area contributed by atoms with Crippen LogP contribution in [-0.4, -0.2) is 30.1 Å². The number of carboxylic acids is 1. The van der Waals surface area contributed by atoms with Crippen LogP contribution in [0.1, 0.15) is 44.9 Å². The summed E-state index contributed by atoms with van der Waals surface area (Å²) in [6.45, 7) is 1.40. The highest BCUT2D eigenvalue weighted by atomic mass is 16.4. The minimum atomic E-state index is -0.852. The van der Waals surface area contributed by atoms with Gasteiger partial charge in [-0.05, 0) is 25.8 Å². The van der Waals surface area contributed by atoms with Crippen LogP contribution in [0.3, 0.4) is 0 Å². The van der Waals surface area contributed by atoms with Crippen molar-refractivity contribution < 1.29 is 14.7 Å². The number of rotatable bonds is 10. The van der Waals surface area contributed by atoms with E-state index < -0.39 is 5.97 Å². The van der Waals surface area contributed by atoms with E-state index in [0.29, 0.717) is 19.4 Å². The zero-order valence-electron chi connectivity index (χ0n) is 9.71. The van der Waals surface area contributed by atoms with E-state index in [9.17, 15) is 9.59 Å². The Labute approximate surface area is 96.4 Å². The lowest BCUT2D eigenvalue weighted by Crippen LogP contribution is -2.24. The second kappa shape index (κ2) is 10.4. The topological polar surface area (TPSA) is 92.4 Å². The van der Waals surface area contributed by atoms with E-state index in [2.05, 4.69) is 5.32 Å². The summed E-state index contributed by atoms with van der Waals surface area (Å²) < 4.78 is 0. The fraction of sp³-hybridized carbons (Fsp3) is 0.818. The smallest absolute Gasteiger partial charge is 0.303 e. The van der Waals surface area contributed by atoms with Gasteiger partial charge in [0, 0.05) is 19.4 Å². The van der Waals surface area contributed by atoms with E-state index in [0.717, 1.165) is 32.2 Å².